The zero-order valence-corrected chi connectivity index (χ0v) is 14.5. The quantitative estimate of drug-likeness (QED) is 0.684. The van der Waals surface area contributed by atoms with Gasteiger partial charge < -0.3 is 9.84 Å². The third-order valence-corrected chi connectivity index (χ3v) is 3.79. The van der Waals surface area contributed by atoms with Crippen molar-refractivity contribution in [2.24, 2.45) is 0 Å². The molecule has 0 unspecified atom stereocenters. The number of aromatic nitrogens is 1. The molecule has 5 heteroatoms. The summed E-state index contributed by atoms with van der Waals surface area (Å²) >= 11 is 0. The van der Waals surface area contributed by atoms with E-state index in [-0.39, 0.29) is 11.4 Å². The Morgan fingerprint density at radius 3 is 2.36 bits per heavy atom. The number of urea groups is 1. The van der Waals surface area contributed by atoms with Gasteiger partial charge in [-0.1, -0.05) is 74.5 Å². The zero-order chi connectivity index (χ0) is 17.9. The molecule has 0 fully saturated rings. The van der Waals surface area contributed by atoms with E-state index in [1.165, 1.54) is 0 Å². The number of para-hydroxylation sites is 1. The van der Waals surface area contributed by atoms with Crippen LogP contribution in [0, 0.1) is 0 Å². The SMILES string of the molecule is CC(C)(C)c1ccccc1NC(=O)Nc1cc(-c2ccccc2)on1. The third-order valence-electron chi connectivity index (χ3n) is 3.79. The molecule has 25 heavy (non-hydrogen) atoms. The number of hydrogen-bond acceptors (Lipinski definition) is 3. The fourth-order valence-electron chi connectivity index (χ4n) is 2.59. The maximum atomic E-state index is 12.3. The Morgan fingerprint density at radius 2 is 1.64 bits per heavy atom. The molecule has 2 aromatic carbocycles. The van der Waals surface area contributed by atoms with Crippen molar-refractivity contribution in [3.63, 3.8) is 0 Å². The van der Waals surface area contributed by atoms with Crippen molar-refractivity contribution in [3.8, 4) is 11.3 Å². The Hall–Kier alpha value is -3.08. The Labute approximate surface area is 147 Å². The summed E-state index contributed by atoms with van der Waals surface area (Å²) in [6.07, 6.45) is 0. The normalized spacial score (nSPS) is 11.2. The lowest BCUT2D eigenvalue weighted by Gasteiger charge is -2.22. The molecule has 2 amide bonds. The molecule has 0 bridgehead atoms. The number of benzene rings is 2. The van der Waals surface area contributed by atoms with Gasteiger partial charge in [0.15, 0.2) is 11.6 Å². The van der Waals surface area contributed by atoms with Gasteiger partial charge in [-0.2, -0.15) is 0 Å². The van der Waals surface area contributed by atoms with Crippen LogP contribution in [0.1, 0.15) is 26.3 Å². The molecule has 0 radical (unpaired) electrons. The number of rotatable bonds is 3. The summed E-state index contributed by atoms with van der Waals surface area (Å²) < 4.78 is 5.29. The lowest BCUT2D eigenvalue weighted by atomic mass is 9.86. The fourth-order valence-corrected chi connectivity index (χ4v) is 2.59. The van der Waals surface area contributed by atoms with Gasteiger partial charge in [0, 0.05) is 17.3 Å². The van der Waals surface area contributed by atoms with Crippen LogP contribution < -0.4 is 10.6 Å². The van der Waals surface area contributed by atoms with Gasteiger partial charge in [-0.25, -0.2) is 4.79 Å². The van der Waals surface area contributed by atoms with Crippen molar-refractivity contribution in [2.45, 2.75) is 26.2 Å². The van der Waals surface area contributed by atoms with Crippen molar-refractivity contribution in [2.75, 3.05) is 10.6 Å². The predicted molar refractivity (Wildman–Crippen MR) is 99.7 cm³/mol. The number of hydrogen-bond donors (Lipinski definition) is 2. The minimum Gasteiger partial charge on any atom is -0.354 e. The summed E-state index contributed by atoms with van der Waals surface area (Å²) in [6.45, 7) is 6.32. The topological polar surface area (TPSA) is 67.2 Å². The standard InChI is InChI=1S/C20H21N3O2/c1-20(2,3)15-11-7-8-12-16(15)21-19(24)22-18-13-17(25-23-18)14-9-5-4-6-10-14/h4-13H,1-3H3,(H2,21,22,23,24). The third kappa shape index (κ3) is 4.07. The van der Waals surface area contributed by atoms with Gasteiger partial charge in [-0.15, -0.1) is 0 Å². The van der Waals surface area contributed by atoms with E-state index in [9.17, 15) is 4.79 Å². The van der Waals surface area contributed by atoms with Gasteiger partial charge >= 0.3 is 6.03 Å². The smallest absolute Gasteiger partial charge is 0.324 e. The molecule has 0 atom stereocenters. The molecule has 2 N–H and O–H groups in total. The van der Waals surface area contributed by atoms with E-state index < -0.39 is 0 Å². The maximum absolute atomic E-state index is 12.3. The Kier molecular flexibility index (Phi) is 4.57. The predicted octanol–water partition coefficient (Wildman–Crippen LogP) is 5.28. The van der Waals surface area contributed by atoms with E-state index in [4.69, 9.17) is 4.52 Å². The van der Waals surface area contributed by atoms with Gasteiger partial charge in [0.1, 0.15) is 0 Å². The number of carbonyl (C=O) groups excluding carboxylic acids is 1. The van der Waals surface area contributed by atoms with Crippen LogP contribution in [0.4, 0.5) is 16.3 Å². The molecule has 0 aliphatic heterocycles. The van der Waals surface area contributed by atoms with Crippen LogP contribution >= 0.6 is 0 Å². The van der Waals surface area contributed by atoms with Crippen molar-refractivity contribution < 1.29 is 9.32 Å². The van der Waals surface area contributed by atoms with Crippen LogP contribution in [0.2, 0.25) is 0 Å². The number of carbonyl (C=O) groups is 1. The molecule has 3 rings (SSSR count). The molecular formula is C20H21N3O2. The van der Waals surface area contributed by atoms with E-state index in [1.54, 1.807) is 6.07 Å². The molecule has 5 nitrogen and oxygen atoms in total. The van der Waals surface area contributed by atoms with E-state index in [1.807, 2.05) is 54.6 Å². The molecular weight excluding hydrogens is 314 g/mol. The average molecular weight is 335 g/mol. The van der Waals surface area contributed by atoms with Crippen molar-refractivity contribution in [1.29, 1.82) is 0 Å². The zero-order valence-electron chi connectivity index (χ0n) is 14.5. The minimum atomic E-state index is -0.357. The number of amides is 2. The molecule has 1 aromatic heterocycles. The summed E-state index contributed by atoms with van der Waals surface area (Å²) in [5.74, 6) is 0.968. The molecule has 128 valence electrons. The first-order valence-corrected chi connectivity index (χ1v) is 8.13. The van der Waals surface area contributed by atoms with Crippen LogP contribution in [0.25, 0.3) is 11.3 Å². The second-order valence-corrected chi connectivity index (χ2v) is 6.82. The second kappa shape index (κ2) is 6.81. The maximum Gasteiger partial charge on any atom is 0.324 e. The van der Waals surface area contributed by atoms with E-state index in [0.717, 1.165) is 16.8 Å². The van der Waals surface area contributed by atoms with E-state index >= 15 is 0 Å². The minimum absolute atomic E-state index is 0.0712. The Bertz CT molecular complexity index is 864. The van der Waals surface area contributed by atoms with Crippen LogP contribution in [-0.2, 0) is 5.41 Å². The lowest BCUT2D eigenvalue weighted by Crippen LogP contribution is -2.22. The van der Waals surface area contributed by atoms with Crippen LogP contribution in [0.5, 0.6) is 0 Å². The van der Waals surface area contributed by atoms with Gasteiger partial charge in [0.25, 0.3) is 0 Å². The first-order valence-electron chi connectivity index (χ1n) is 8.13. The highest BCUT2D eigenvalue weighted by Gasteiger charge is 2.19. The highest BCUT2D eigenvalue weighted by molar-refractivity contribution is 6.00. The molecule has 0 aliphatic carbocycles. The summed E-state index contributed by atoms with van der Waals surface area (Å²) in [5.41, 5.74) is 2.68. The molecule has 1 heterocycles. The van der Waals surface area contributed by atoms with Gasteiger partial charge in [0.2, 0.25) is 0 Å². The lowest BCUT2D eigenvalue weighted by molar-refractivity contribution is 0.262. The van der Waals surface area contributed by atoms with E-state index in [2.05, 4.69) is 36.6 Å². The molecule has 0 spiro atoms. The Morgan fingerprint density at radius 1 is 0.960 bits per heavy atom. The van der Waals surface area contributed by atoms with Crippen molar-refractivity contribution in [3.05, 3.63) is 66.2 Å². The van der Waals surface area contributed by atoms with Gasteiger partial charge in [-0.3, -0.25) is 5.32 Å². The Balaban J connectivity index is 1.71. The van der Waals surface area contributed by atoms with E-state index in [0.29, 0.717) is 11.6 Å². The molecule has 0 saturated carbocycles. The first kappa shape index (κ1) is 16.8. The molecule has 0 saturated heterocycles. The first-order chi connectivity index (χ1) is 11.9. The highest BCUT2D eigenvalue weighted by atomic mass is 16.5. The monoisotopic (exact) mass is 335 g/mol. The van der Waals surface area contributed by atoms with Crippen LogP contribution in [-0.4, -0.2) is 11.2 Å². The largest absolute Gasteiger partial charge is 0.354 e. The van der Waals surface area contributed by atoms with Crippen molar-refractivity contribution in [1.82, 2.24) is 5.16 Å². The van der Waals surface area contributed by atoms with Crippen LogP contribution in [0.15, 0.2) is 65.2 Å². The number of anilines is 2. The number of nitrogens with zero attached hydrogens (tertiary/aromatic N) is 1. The summed E-state index contributed by atoms with van der Waals surface area (Å²) in [7, 11) is 0. The second-order valence-electron chi connectivity index (χ2n) is 6.82. The summed E-state index contributed by atoms with van der Waals surface area (Å²) in [5, 5.41) is 9.49. The molecule has 0 aliphatic rings. The van der Waals surface area contributed by atoms with Crippen molar-refractivity contribution >= 4 is 17.5 Å². The molecule has 3 aromatic rings. The van der Waals surface area contributed by atoms with Gasteiger partial charge in [0.05, 0.1) is 0 Å². The van der Waals surface area contributed by atoms with Gasteiger partial charge in [-0.05, 0) is 17.0 Å². The average Bonchev–Trinajstić information content (AvgIpc) is 3.03. The van der Waals surface area contributed by atoms with Crippen LogP contribution in [0.3, 0.4) is 0 Å². The fraction of sp³-hybridized carbons (Fsp3) is 0.200. The number of nitrogens with one attached hydrogen (secondary N) is 2. The summed E-state index contributed by atoms with van der Waals surface area (Å²) in [4.78, 5) is 12.3. The highest BCUT2D eigenvalue weighted by Crippen LogP contribution is 2.29. The summed E-state index contributed by atoms with van der Waals surface area (Å²) in [6, 6.07) is 18.7.